The van der Waals surface area contributed by atoms with E-state index in [1.165, 1.54) is 18.4 Å². The first-order valence-corrected chi connectivity index (χ1v) is 10.3. The molecule has 0 aliphatic carbocycles. The molecule has 0 fully saturated rings. The Morgan fingerprint density at radius 1 is 0.968 bits per heavy atom. The summed E-state index contributed by atoms with van der Waals surface area (Å²) in [5, 5.41) is 8.21. The van der Waals surface area contributed by atoms with Crippen LogP contribution in [0.25, 0.3) is 10.9 Å². The molecule has 156 valence electrons. The van der Waals surface area contributed by atoms with Gasteiger partial charge in [0.1, 0.15) is 6.54 Å². The van der Waals surface area contributed by atoms with Crippen molar-refractivity contribution in [1.82, 2.24) is 4.57 Å². The molecule has 2 N–H and O–H groups in total. The van der Waals surface area contributed by atoms with Crippen molar-refractivity contribution in [3.05, 3.63) is 82.7 Å². The largest absolute Gasteiger partial charge is 0.465 e. The van der Waals surface area contributed by atoms with E-state index in [9.17, 15) is 14.4 Å². The van der Waals surface area contributed by atoms with Gasteiger partial charge in [-0.1, -0.05) is 30.3 Å². The van der Waals surface area contributed by atoms with E-state index in [1.807, 2.05) is 35.7 Å². The zero-order chi connectivity index (χ0) is 21.8. The van der Waals surface area contributed by atoms with Crippen molar-refractivity contribution in [1.29, 1.82) is 0 Å². The summed E-state index contributed by atoms with van der Waals surface area (Å²) in [5.74, 6) is -0.920. The molecule has 8 heteroatoms. The molecule has 2 amide bonds. The molecule has 0 saturated carbocycles. The normalized spacial score (nSPS) is 10.6. The van der Waals surface area contributed by atoms with Gasteiger partial charge in [-0.25, -0.2) is 4.79 Å². The number of thiophene rings is 1. The third-order valence-corrected chi connectivity index (χ3v) is 5.53. The van der Waals surface area contributed by atoms with Gasteiger partial charge in [0, 0.05) is 28.5 Å². The number of fused-ring (bicyclic) bond motifs is 1. The maximum atomic E-state index is 12.7. The van der Waals surface area contributed by atoms with Crippen LogP contribution in [0.15, 0.2) is 72.2 Å². The third kappa shape index (κ3) is 4.49. The van der Waals surface area contributed by atoms with Gasteiger partial charge in [0.2, 0.25) is 5.91 Å². The molecule has 2 aromatic carbocycles. The Morgan fingerprint density at radius 2 is 1.74 bits per heavy atom. The quantitative estimate of drug-likeness (QED) is 0.442. The molecule has 4 aromatic rings. The minimum absolute atomic E-state index is 0.0172. The van der Waals surface area contributed by atoms with Gasteiger partial charge in [-0.3, -0.25) is 9.59 Å². The lowest BCUT2D eigenvalue weighted by atomic mass is 10.2. The molecule has 0 spiro atoms. The maximum absolute atomic E-state index is 12.7. The van der Waals surface area contributed by atoms with E-state index < -0.39 is 5.97 Å². The van der Waals surface area contributed by atoms with E-state index in [-0.39, 0.29) is 18.4 Å². The molecular weight excluding hydrogens is 414 g/mol. The number of esters is 1. The molecule has 0 saturated heterocycles. The fourth-order valence-corrected chi connectivity index (χ4v) is 3.90. The monoisotopic (exact) mass is 433 g/mol. The van der Waals surface area contributed by atoms with Crippen LogP contribution >= 0.6 is 11.3 Å². The molecule has 31 heavy (non-hydrogen) atoms. The van der Waals surface area contributed by atoms with Crippen molar-refractivity contribution in [3.8, 4) is 0 Å². The minimum atomic E-state index is -0.454. The van der Waals surface area contributed by atoms with E-state index in [0.717, 1.165) is 10.9 Å². The van der Waals surface area contributed by atoms with Gasteiger partial charge < -0.3 is 19.9 Å². The highest BCUT2D eigenvalue weighted by Crippen LogP contribution is 2.23. The van der Waals surface area contributed by atoms with Crippen molar-refractivity contribution in [3.63, 3.8) is 0 Å². The average molecular weight is 433 g/mol. The summed E-state index contributed by atoms with van der Waals surface area (Å²) in [7, 11) is 1.32. The lowest BCUT2D eigenvalue weighted by molar-refractivity contribution is -0.116. The van der Waals surface area contributed by atoms with Crippen LogP contribution in [0.2, 0.25) is 0 Å². The topological polar surface area (TPSA) is 89.4 Å². The van der Waals surface area contributed by atoms with E-state index in [2.05, 4.69) is 10.6 Å². The van der Waals surface area contributed by atoms with Crippen LogP contribution in [-0.2, 0) is 16.1 Å². The first-order chi connectivity index (χ1) is 15.0. The Kier molecular flexibility index (Phi) is 5.81. The number of ether oxygens (including phenoxy) is 1. The number of hydrogen-bond acceptors (Lipinski definition) is 5. The number of carbonyl (C=O) groups is 3. The van der Waals surface area contributed by atoms with Crippen molar-refractivity contribution in [2.75, 3.05) is 17.7 Å². The van der Waals surface area contributed by atoms with Crippen LogP contribution < -0.4 is 10.6 Å². The molecule has 0 atom stereocenters. The fraction of sp³-hybridized carbons (Fsp3) is 0.0870. The van der Waals surface area contributed by atoms with Crippen LogP contribution in [0.4, 0.5) is 11.4 Å². The van der Waals surface area contributed by atoms with Gasteiger partial charge in [-0.15, -0.1) is 11.3 Å². The first kappa shape index (κ1) is 20.4. The maximum Gasteiger partial charge on any atom is 0.340 e. The number of hydrogen-bond donors (Lipinski definition) is 2. The van der Waals surface area contributed by atoms with E-state index in [1.54, 1.807) is 41.1 Å². The second-order valence-electron chi connectivity index (χ2n) is 6.74. The highest BCUT2D eigenvalue weighted by Gasteiger charge is 2.16. The number of nitrogens with zero attached hydrogens (tertiary/aromatic N) is 1. The SMILES string of the molecule is COC(=O)c1cn(CC(=O)Nc2cccc(NC(=O)c3cccs3)c2)c2ccccc12. The van der Waals surface area contributed by atoms with Crippen LogP contribution in [-0.4, -0.2) is 29.5 Å². The predicted octanol–water partition coefficient (Wildman–Crippen LogP) is 4.38. The van der Waals surface area contributed by atoms with Crippen molar-refractivity contribution >= 4 is 51.4 Å². The number of methoxy groups -OCH3 is 1. The highest BCUT2D eigenvalue weighted by atomic mass is 32.1. The van der Waals surface area contributed by atoms with Crippen molar-refractivity contribution in [2.24, 2.45) is 0 Å². The number of anilines is 2. The molecule has 0 radical (unpaired) electrons. The van der Waals surface area contributed by atoms with Gasteiger partial charge in [-0.05, 0) is 35.7 Å². The molecule has 2 aromatic heterocycles. The summed E-state index contributed by atoms with van der Waals surface area (Å²) in [4.78, 5) is 37.6. The van der Waals surface area contributed by atoms with Crippen LogP contribution in [0.3, 0.4) is 0 Å². The molecule has 0 bridgehead atoms. The zero-order valence-electron chi connectivity index (χ0n) is 16.6. The minimum Gasteiger partial charge on any atom is -0.465 e. The van der Waals surface area contributed by atoms with Gasteiger partial charge in [0.05, 0.1) is 17.6 Å². The molecule has 4 rings (SSSR count). The number of nitrogens with one attached hydrogen (secondary N) is 2. The Hall–Kier alpha value is -3.91. The molecule has 2 heterocycles. The second-order valence-corrected chi connectivity index (χ2v) is 7.69. The molecular formula is C23H19N3O4S. The van der Waals surface area contributed by atoms with Gasteiger partial charge in [0.15, 0.2) is 0 Å². The molecule has 0 unspecified atom stereocenters. The Balaban J connectivity index is 1.48. The van der Waals surface area contributed by atoms with Crippen LogP contribution in [0, 0.1) is 0 Å². The van der Waals surface area contributed by atoms with Crippen LogP contribution in [0.5, 0.6) is 0 Å². The van der Waals surface area contributed by atoms with Crippen LogP contribution in [0.1, 0.15) is 20.0 Å². The van der Waals surface area contributed by atoms with E-state index in [0.29, 0.717) is 21.8 Å². The average Bonchev–Trinajstić information content (AvgIpc) is 3.42. The number of amides is 2. The molecule has 0 aliphatic rings. The Bertz CT molecular complexity index is 1260. The third-order valence-electron chi connectivity index (χ3n) is 4.66. The van der Waals surface area contributed by atoms with Gasteiger partial charge in [0.25, 0.3) is 5.91 Å². The molecule has 7 nitrogen and oxygen atoms in total. The predicted molar refractivity (Wildman–Crippen MR) is 121 cm³/mol. The smallest absolute Gasteiger partial charge is 0.340 e. The lowest BCUT2D eigenvalue weighted by Crippen LogP contribution is -2.18. The van der Waals surface area contributed by atoms with Gasteiger partial charge in [-0.2, -0.15) is 0 Å². The zero-order valence-corrected chi connectivity index (χ0v) is 17.4. The fourth-order valence-electron chi connectivity index (χ4n) is 3.28. The Morgan fingerprint density at radius 3 is 2.48 bits per heavy atom. The summed E-state index contributed by atoms with van der Waals surface area (Å²) < 4.78 is 6.55. The van der Waals surface area contributed by atoms with Crippen molar-refractivity contribution < 1.29 is 19.1 Å². The summed E-state index contributed by atoms with van der Waals surface area (Å²) in [6.07, 6.45) is 1.62. The summed E-state index contributed by atoms with van der Waals surface area (Å²) in [6, 6.07) is 17.8. The van der Waals surface area contributed by atoms with E-state index >= 15 is 0 Å². The molecule has 0 aliphatic heterocycles. The standard InChI is InChI=1S/C23H19N3O4S/c1-30-23(29)18-13-26(19-9-3-2-8-17(18)19)14-21(27)24-15-6-4-7-16(12-15)25-22(28)20-10-5-11-31-20/h2-13H,14H2,1H3,(H,24,27)(H,25,28). The Labute approximate surface area is 182 Å². The summed E-state index contributed by atoms with van der Waals surface area (Å²) in [6.45, 7) is 0.0172. The van der Waals surface area contributed by atoms with E-state index in [4.69, 9.17) is 4.74 Å². The number of aromatic nitrogens is 1. The summed E-state index contributed by atoms with van der Waals surface area (Å²) in [5.41, 5.74) is 2.30. The number of benzene rings is 2. The number of rotatable bonds is 6. The van der Waals surface area contributed by atoms with Gasteiger partial charge >= 0.3 is 5.97 Å². The second kappa shape index (κ2) is 8.85. The summed E-state index contributed by atoms with van der Waals surface area (Å²) >= 11 is 1.36. The highest BCUT2D eigenvalue weighted by molar-refractivity contribution is 7.12. The van der Waals surface area contributed by atoms with Crippen molar-refractivity contribution in [2.45, 2.75) is 6.54 Å². The first-order valence-electron chi connectivity index (χ1n) is 9.46. The lowest BCUT2D eigenvalue weighted by Gasteiger charge is -2.09. The number of para-hydroxylation sites is 1. The number of carbonyl (C=O) groups excluding carboxylic acids is 3.